The first kappa shape index (κ1) is 17.5. The van der Waals surface area contributed by atoms with Crippen LogP contribution >= 0.6 is 11.8 Å². The Labute approximate surface area is 147 Å². The standard InChI is InChI=1S/C17H22N2O3S2/c1-4-12(3)16(20)18-17-19(13-7-5-6-11(2)8-13)14-9-24(21,22)10-15(14)23-17/h5-8,12,14-15H,4,9-10H2,1-3H3/t12-,14+,15+/m0/s1. The predicted molar refractivity (Wildman–Crippen MR) is 99.4 cm³/mol. The Balaban J connectivity index is 2.00. The van der Waals surface area contributed by atoms with Crippen LogP contribution in [0.2, 0.25) is 0 Å². The summed E-state index contributed by atoms with van der Waals surface area (Å²) in [4.78, 5) is 18.6. The van der Waals surface area contributed by atoms with Crippen molar-refractivity contribution in [3.8, 4) is 0 Å². The molecule has 2 fully saturated rings. The minimum absolute atomic E-state index is 0.0565. The minimum atomic E-state index is -3.03. The second-order valence-corrected chi connectivity index (χ2v) is 9.91. The molecule has 0 aromatic heterocycles. The zero-order valence-electron chi connectivity index (χ0n) is 14.1. The Morgan fingerprint density at radius 1 is 1.42 bits per heavy atom. The number of fused-ring (bicyclic) bond motifs is 1. The molecule has 3 atom stereocenters. The molecule has 1 aromatic carbocycles. The van der Waals surface area contributed by atoms with Crippen molar-refractivity contribution in [2.45, 2.75) is 38.5 Å². The van der Waals surface area contributed by atoms with Crippen molar-refractivity contribution in [3.63, 3.8) is 0 Å². The van der Waals surface area contributed by atoms with Crippen LogP contribution in [0.25, 0.3) is 0 Å². The monoisotopic (exact) mass is 366 g/mol. The first-order valence-corrected chi connectivity index (χ1v) is 10.9. The molecule has 2 heterocycles. The molecule has 3 rings (SSSR count). The molecule has 24 heavy (non-hydrogen) atoms. The molecule has 2 aliphatic rings. The molecule has 0 spiro atoms. The molecule has 130 valence electrons. The predicted octanol–water partition coefficient (Wildman–Crippen LogP) is 2.64. The van der Waals surface area contributed by atoms with Crippen LogP contribution in [0.4, 0.5) is 5.69 Å². The van der Waals surface area contributed by atoms with Crippen LogP contribution in [0.3, 0.4) is 0 Å². The third-order valence-corrected chi connectivity index (χ3v) is 7.80. The van der Waals surface area contributed by atoms with E-state index in [0.29, 0.717) is 5.17 Å². The van der Waals surface area contributed by atoms with Crippen LogP contribution in [0.15, 0.2) is 29.3 Å². The number of aryl methyl sites for hydroxylation is 1. The van der Waals surface area contributed by atoms with Crippen molar-refractivity contribution in [3.05, 3.63) is 29.8 Å². The summed E-state index contributed by atoms with van der Waals surface area (Å²) in [6, 6.07) is 7.75. The van der Waals surface area contributed by atoms with E-state index < -0.39 is 9.84 Å². The number of benzene rings is 1. The minimum Gasteiger partial charge on any atom is -0.316 e. The van der Waals surface area contributed by atoms with Gasteiger partial charge in [0, 0.05) is 16.9 Å². The first-order chi connectivity index (χ1) is 11.3. The largest absolute Gasteiger partial charge is 0.316 e. The molecule has 7 heteroatoms. The van der Waals surface area contributed by atoms with Gasteiger partial charge < -0.3 is 4.90 Å². The summed E-state index contributed by atoms with van der Waals surface area (Å²) in [5.74, 6) is 0.0122. The number of amides is 1. The summed E-state index contributed by atoms with van der Waals surface area (Å²) in [6.45, 7) is 5.83. The lowest BCUT2D eigenvalue weighted by Gasteiger charge is -2.25. The molecule has 0 radical (unpaired) electrons. The van der Waals surface area contributed by atoms with Crippen molar-refractivity contribution in [2.24, 2.45) is 10.9 Å². The van der Waals surface area contributed by atoms with E-state index in [9.17, 15) is 13.2 Å². The molecule has 0 bridgehead atoms. The number of carbonyl (C=O) groups is 1. The van der Waals surface area contributed by atoms with Gasteiger partial charge in [-0.15, -0.1) is 0 Å². The van der Waals surface area contributed by atoms with Crippen molar-refractivity contribution in [1.29, 1.82) is 0 Å². The summed E-state index contributed by atoms with van der Waals surface area (Å²) in [5.41, 5.74) is 2.00. The average Bonchev–Trinajstić information content (AvgIpc) is 2.97. The van der Waals surface area contributed by atoms with E-state index in [2.05, 4.69) is 4.99 Å². The van der Waals surface area contributed by atoms with Gasteiger partial charge in [-0.05, 0) is 31.0 Å². The Morgan fingerprint density at radius 3 is 2.83 bits per heavy atom. The molecule has 0 N–H and O–H groups in total. The maximum Gasteiger partial charge on any atom is 0.250 e. The van der Waals surface area contributed by atoms with Gasteiger partial charge in [0.05, 0.1) is 17.5 Å². The van der Waals surface area contributed by atoms with Crippen molar-refractivity contribution >= 4 is 38.4 Å². The number of thioether (sulfide) groups is 1. The summed E-state index contributed by atoms with van der Waals surface area (Å²) in [7, 11) is -3.03. The highest BCUT2D eigenvalue weighted by Gasteiger charge is 2.49. The highest BCUT2D eigenvalue weighted by Crippen LogP contribution is 2.41. The second kappa shape index (κ2) is 6.52. The lowest BCUT2D eigenvalue weighted by Crippen LogP contribution is -2.37. The zero-order chi connectivity index (χ0) is 17.5. The Bertz CT molecular complexity index is 789. The van der Waals surface area contributed by atoms with E-state index in [0.717, 1.165) is 17.7 Å². The van der Waals surface area contributed by atoms with Crippen molar-refractivity contribution < 1.29 is 13.2 Å². The molecular weight excluding hydrogens is 344 g/mol. The molecule has 2 saturated heterocycles. The Morgan fingerprint density at radius 2 is 2.17 bits per heavy atom. The highest BCUT2D eigenvalue weighted by molar-refractivity contribution is 8.16. The number of amidine groups is 1. The zero-order valence-corrected chi connectivity index (χ0v) is 15.7. The van der Waals surface area contributed by atoms with E-state index in [1.165, 1.54) is 11.8 Å². The van der Waals surface area contributed by atoms with Crippen molar-refractivity contribution in [1.82, 2.24) is 0 Å². The third-order valence-electron chi connectivity index (χ3n) is 4.59. The fourth-order valence-corrected chi connectivity index (χ4v) is 6.94. The van der Waals surface area contributed by atoms with Gasteiger partial charge in [-0.3, -0.25) is 4.79 Å². The average molecular weight is 367 g/mol. The van der Waals surface area contributed by atoms with Gasteiger partial charge in [-0.1, -0.05) is 37.7 Å². The number of rotatable bonds is 3. The fourth-order valence-electron chi connectivity index (χ4n) is 3.02. The van der Waals surface area contributed by atoms with Crippen LogP contribution < -0.4 is 4.90 Å². The number of hydrogen-bond acceptors (Lipinski definition) is 4. The van der Waals surface area contributed by atoms with Crippen LogP contribution in [-0.4, -0.2) is 42.3 Å². The maximum absolute atomic E-state index is 12.3. The highest BCUT2D eigenvalue weighted by atomic mass is 32.2. The van der Waals surface area contributed by atoms with Gasteiger partial charge in [0.15, 0.2) is 15.0 Å². The molecule has 5 nitrogen and oxygen atoms in total. The number of aliphatic imine (C=N–C) groups is 1. The Hall–Kier alpha value is -1.34. The molecule has 0 saturated carbocycles. The summed E-state index contributed by atoms with van der Waals surface area (Å²) in [6.07, 6.45) is 0.742. The molecule has 0 aliphatic carbocycles. The van der Waals surface area contributed by atoms with Gasteiger partial charge in [-0.2, -0.15) is 4.99 Å². The fraction of sp³-hybridized carbons (Fsp3) is 0.529. The normalized spacial score (nSPS) is 28.1. The van der Waals surface area contributed by atoms with E-state index in [4.69, 9.17) is 0 Å². The summed E-state index contributed by atoms with van der Waals surface area (Å²) >= 11 is 1.42. The first-order valence-electron chi connectivity index (χ1n) is 8.16. The molecule has 2 aliphatic heterocycles. The molecular formula is C17H22N2O3S2. The third kappa shape index (κ3) is 3.37. The van der Waals surface area contributed by atoms with E-state index in [1.807, 2.05) is 49.9 Å². The molecule has 1 amide bonds. The number of sulfone groups is 1. The smallest absolute Gasteiger partial charge is 0.250 e. The molecule has 1 aromatic rings. The van der Waals surface area contributed by atoms with Gasteiger partial charge in [-0.25, -0.2) is 8.42 Å². The van der Waals surface area contributed by atoms with E-state index >= 15 is 0 Å². The Kier molecular flexibility index (Phi) is 4.75. The van der Waals surface area contributed by atoms with E-state index in [1.54, 1.807) is 0 Å². The number of nitrogens with zero attached hydrogens (tertiary/aromatic N) is 2. The van der Waals surface area contributed by atoms with E-state index in [-0.39, 0.29) is 34.6 Å². The lowest BCUT2D eigenvalue weighted by molar-refractivity contribution is -0.121. The molecule has 0 unspecified atom stereocenters. The quantitative estimate of drug-likeness (QED) is 0.823. The SMILES string of the molecule is CC[C@H](C)C(=O)N=C1S[C@@H]2CS(=O)(=O)C[C@H]2N1c1cccc(C)c1. The topological polar surface area (TPSA) is 66.8 Å². The number of carbonyl (C=O) groups excluding carboxylic acids is 1. The van der Waals surface area contributed by atoms with Crippen molar-refractivity contribution in [2.75, 3.05) is 16.4 Å². The van der Waals surface area contributed by atoms with Crippen LogP contribution in [0.5, 0.6) is 0 Å². The van der Waals surface area contributed by atoms with Gasteiger partial charge in [0.25, 0.3) is 5.91 Å². The van der Waals surface area contributed by atoms with Crippen LogP contribution in [0.1, 0.15) is 25.8 Å². The van der Waals surface area contributed by atoms with Crippen LogP contribution in [0, 0.1) is 12.8 Å². The van der Waals surface area contributed by atoms with Gasteiger partial charge >= 0.3 is 0 Å². The van der Waals surface area contributed by atoms with Crippen LogP contribution in [-0.2, 0) is 14.6 Å². The summed E-state index contributed by atoms with van der Waals surface area (Å²) < 4.78 is 24.0. The second-order valence-electron chi connectivity index (χ2n) is 6.55. The van der Waals surface area contributed by atoms with Gasteiger partial charge in [0.2, 0.25) is 0 Å². The lowest BCUT2D eigenvalue weighted by atomic mass is 10.1. The number of anilines is 1. The summed E-state index contributed by atoms with van der Waals surface area (Å²) in [5, 5.41) is 0.579. The van der Waals surface area contributed by atoms with Gasteiger partial charge in [0.1, 0.15) is 0 Å². The maximum atomic E-state index is 12.3. The number of hydrogen-bond donors (Lipinski definition) is 0.